The normalized spacial score (nSPS) is 19.1. The Kier molecular flexibility index (Phi) is 4.33. The Bertz CT molecular complexity index is 721. The average Bonchev–Trinajstić information content (AvgIpc) is 2.46. The van der Waals surface area contributed by atoms with E-state index < -0.39 is 11.1 Å². The number of rotatable bonds is 2. The molecule has 2 unspecified atom stereocenters. The summed E-state index contributed by atoms with van der Waals surface area (Å²) in [4.78, 5) is 0.285. The van der Waals surface area contributed by atoms with E-state index in [0.717, 1.165) is 23.2 Å². The number of halogens is 2. The number of nitrogens with one attached hydrogen (secondary N) is 1. The lowest BCUT2D eigenvalue weighted by Crippen LogP contribution is -2.29. The van der Waals surface area contributed by atoms with Crippen LogP contribution in [0, 0.1) is 0 Å². The van der Waals surface area contributed by atoms with E-state index in [1.807, 2.05) is 12.1 Å². The van der Waals surface area contributed by atoms with E-state index in [-0.39, 0.29) is 10.8 Å². The van der Waals surface area contributed by atoms with Crippen LogP contribution in [0.1, 0.15) is 22.6 Å². The molecular weight excluding hydrogens is 329 g/mol. The van der Waals surface area contributed by atoms with Crippen molar-refractivity contribution in [2.45, 2.75) is 17.4 Å². The summed E-state index contributed by atoms with van der Waals surface area (Å²) in [5, 5.41) is 4.55. The van der Waals surface area contributed by atoms with E-state index in [0.29, 0.717) is 16.6 Å². The topological polar surface area (TPSA) is 52.2 Å². The molecule has 0 spiro atoms. The maximum atomic E-state index is 11.1. The molecular formula is C15H12Cl2NO2S-. The van der Waals surface area contributed by atoms with Gasteiger partial charge in [-0.05, 0) is 52.0 Å². The lowest BCUT2D eigenvalue weighted by molar-refractivity contribution is 0.536. The second-order valence-corrected chi connectivity index (χ2v) is 6.73. The molecule has 0 radical (unpaired) electrons. The molecule has 1 aliphatic heterocycles. The molecule has 0 aromatic heterocycles. The van der Waals surface area contributed by atoms with Gasteiger partial charge in [-0.25, -0.2) is 0 Å². The van der Waals surface area contributed by atoms with Crippen LogP contribution in [0.15, 0.2) is 41.3 Å². The summed E-state index contributed by atoms with van der Waals surface area (Å²) in [6.07, 6.45) is 0. The molecule has 2 aromatic rings. The van der Waals surface area contributed by atoms with Gasteiger partial charge in [-0.1, -0.05) is 35.3 Å². The number of hydrogen-bond donors (Lipinski definition) is 1. The van der Waals surface area contributed by atoms with Gasteiger partial charge in [-0.3, -0.25) is 4.21 Å². The zero-order valence-electron chi connectivity index (χ0n) is 10.9. The summed E-state index contributed by atoms with van der Waals surface area (Å²) in [6.45, 7) is 1.41. The van der Waals surface area contributed by atoms with Crippen LogP contribution in [0.25, 0.3) is 0 Å². The largest absolute Gasteiger partial charge is 0.768 e. The van der Waals surface area contributed by atoms with Crippen LogP contribution in [-0.4, -0.2) is 15.3 Å². The van der Waals surface area contributed by atoms with Crippen molar-refractivity contribution >= 4 is 34.3 Å². The lowest BCUT2D eigenvalue weighted by Gasteiger charge is -2.28. The minimum absolute atomic E-state index is 0.0356. The molecule has 0 saturated heterocycles. The van der Waals surface area contributed by atoms with E-state index in [1.165, 1.54) is 0 Å². The summed E-state index contributed by atoms with van der Waals surface area (Å²) in [5.41, 5.74) is 3.01. The van der Waals surface area contributed by atoms with Crippen molar-refractivity contribution in [2.24, 2.45) is 0 Å². The Balaban J connectivity index is 2.10. The first-order valence-corrected chi connectivity index (χ1v) is 8.27. The minimum Gasteiger partial charge on any atom is -0.768 e. The molecule has 2 aromatic carbocycles. The van der Waals surface area contributed by atoms with Crippen molar-refractivity contribution < 1.29 is 8.76 Å². The minimum atomic E-state index is -2.23. The zero-order chi connectivity index (χ0) is 15.0. The lowest BCUT2D eigenvalue weighted by atomic mass is 9.85. The standard InChI is InChI=1S/C15H13Cl2NO2S/c16-10-5-12-13(7-18-8-14(12)15(17)6-10)9-2-1-3-11(4-9)21(19)20/h1-6,13,18H,7-8H2,(H,19,20)/p-1. The first-order valence-electron chi connectivity index (χ1n) is 6.44. The Morgan fingerprint density at radius 3 is 2.81 bits per heavy atom. The highest BCUT2D eigenvalue weighted by molar-refractivity contribution is 7.79. The predicted molar refractivity (Wildman–Crippen MR) is 83.6 cm³/mol. The Hall–Kier alpha value is -0.910. The summed E-state index contributed by atoms with van der Waals surface area (Å²) >= 11 is 10.1. The van der Waals surface area contributed by atoms with Gasteiger partial charge in [0.25, 0.3) is 0 Å². The third-order valence-electron chi connectivity index (χ3n) is 3.67. The fourth-order valence-corrected chi connectivity index (χ4v) is 3.70. The van der Waals surface area contributed by atoms with Crippen molar-refractivity contribution in [3.63, 3.8) is 0 Å². The molecule has 0 saturated carbocycles. The molecule has 110 valence electrons. The van der Waals surface area contributed by atoms with Gasteiger partial charge < -0.3 is 9.87 Å². The Morgan fingerprint density at radius 2 is 2.05 bits per heavy atom. The summed E-state index contributed by atoms with van der Waals surface area (Å²) in [6, 6.07) is 10.6. The van der Waals surface area contributed by atoms with Crippen molar-refractivity contribution in [2.75, 3.05) is 6.54 Å². The van der Waals surface area contributed by atoms with Crippen LogP contribution < -0.4 is 5.32 Å². The number of benzene rings is 2. The van der Waals surface area contributed by atoms with Crippen LogP contribution in [0.4, 0.5) is 0 Å². The van der Waals surface area contributed by atoms with Gasteiger partial charge in [0.2, 0.25) is 0 Å². The first kappa shape index (κ1) is 15.0. The molecule has 2 atom stereocenters. The molecule has 3 nitrogen and oxygen atoms in total. The van der Waals surface area contributed by atoms with Gasteiger partial charge in [0, 0.05) is 33.9 Å². The molecule has 0 bridgehead atoms. The number of hydrogen-bond acceptors (Lipinski definition) is 3. The summed E-state index contributed by atoms with van der Waals surface area (Å²) < 4.78 is 22.3. The van der Waals surface area contributed by atoms with E-state index in [1.54, 1.807) is 24.3 Å². The molecule has 3 rings (SSSR count). The van der Waals surface area contributed by atoms with Gasteiger partial charge in [-0.15, -0.1) is 0 Å². The van der Waals surface area contributed by atoms with E-state index in [9.17, 15) is 8.76 Å². The van der Waals surface area contributed by atoms with Crippen LogP contribution in [0.3, 0.4) is 0 Å². The molecule has 1 N–H and O–H groups in total. The van der Waals surface area contributed by atoms with Crippen molar-refractivity contribution in [3.05, 3.63) is 63.1 Å². The maximum absolute atomic E-state index is 11.1. The highest BCUT2D eigenvalue weighted by atomic mass is 35.5. The molecule has 21 heavy (non-hydrogen) atoms. The molecule has 6 heteroatoms. The Morgan fingerprint density at radius 1 is 1.24 bits per heavy atom. The van der Waals surface area contributed by atoms with Gasteiger partial charge in [-0.2, -0.15) is 0 Å². The highest BCUT2D eigenvalue weighted by Crippen LogP contribution is 2.36. The first-order chi connectivity index (χ1) is 10.1. The van der Waals surface area contributed by atoms with Crippen LogP contribution in [0.2, 0.25) is 10.0 Å². The van der Waals surface area contributed by atoms with Gasteiger partial charge in [0.15, 0.2) is 0 Å². The SMILES string of the molecule is O=S([O-])c1cccc(C2CNCc3c(Cl)cc(Cl)cc32)c1. The molecule has 0 aliphatic carbocycles. The fraction of sp³-hybridized carbons (Fsp3) is 0.200. The second-order valence-electron chi connectivity index (χ2n) is 4.95. The molecule has 1 heterocycles. The van der Waals surface area contributed by atoms with Gasteiger partial charge in [0.05, 0.1) is 0 Å². The summed E-state index contributed by atoms with van der Waals surface area (Å²) in [5.74, 6) is 0.0356. The monoisotopic (exact) mass is 340 g/mol. The van der Waals surface area contributed by atoms with E-state index in [2.05, 4.69) is 5.32 Å². The third kappa shape index (κ3) is 3.00. The van der Waals surface area contributed by atoms with Crippen LogP contribution in [-0.2, 0) is 17.6 Å². The van der Waals surface area contributed by atoms with Crippen molar-refractivity contribution in [1.29, 1.82) is 0 Å². The quantitative estimate of drug-likeness (QED) is 0.851. The predicted octanol–water partition coefficient (Wildman–Crippen LogP) is 3.47. The maximum Gasteiger partial charge on any atom is 0.0468 e. The molecule has 0 fully saturated rings. The third-order valence-corrected chi connectivity index (χ3v) is 4.87. The summed E-state index contributed by atoms with van der Waals surface area (Å²) in [7, 11) is 0. The van der Waals surface area contributed by atoms with Crippen LogP contribution >= 0.6 is 23.2 Å². The second kappa shape index (κ2) is 6.07. The fourth-order valence-electron chi connectivity index (χ4n) is 2.70. The van der Waals surface area contributed by atoms with Crippen molar-refractivity contribution in [1.82, 2.24) is 5.32 Å². The highest BCUT2D eigenvalue weighted by Gasteiger charge is 2.24. The van der Waals surface area contributed by atoms with Gasteiger partial charge in [0.1, 0.15) is 0 Å². The van der Waals surface area contributed by atoms with Crippen molar-refractivity contribution in [3.8, 4) is 0 Å². The van der Waals surface area contributed by atoms with E-state index >= 15 is 0 Å². The van der Waals surface area contributed by atoms with Gasteiger partial charge >= 0.3 is 0 Å². The van der Waals surface area contributed by atoms with E-state index in [4.69, 9.17) is 23.2 Å². The Labute approximate surface area is 135 Å². The smallest absolute Gasteiger partial charge is 0.0468 e. The number of fused-ring (bicyclic) bond motifs is 1. The average molecular weight is 341 g/mol. The molecule has 0 amide bonds. The zero-order valence-corrected chi connectivity index (χ0v) is 13.3. The van der Waals surface area contributed by atoms with Crippen LogP contribution in [0.5, 0.6) is 0 Å². The molecule has 1 aliphatic rings.